The van der Waals surface area contributed by atoms with Crippen LogP contribution in [0.5, 0.6) is 0 Å². The zero-order chi connectivity index (χ0) is 12.8. The molecule has 0 fully saturated rings. The molecule has 0 bridgehead atoms. The first-order valence-electron chi connectivity index (χ1n) is 5.72. The highest BCUT2D eigenvalue weighted by Crippen LogP contribution is 2.17. The second-order valence-electron chi connectivity index (χ2n) is 4.39. The lowest BCUT2D eigenvalue weighted by atomic mass is 10.1. The number of carbonyl (C=O) groups excluding carboxylic acids is 1. The number of rotatable bonds is 5. The van der Waals surface area contributed by atoms with Crippen molar-refractivity contribution < 1.29 is 4.79 Å². The van der Waals surface area contributed by atoms with Crippen molar-refractivity contribution in [1.82, 2.24) is 4.90 Å². The SMILES string of the molecule is CC(CN)CC(=O)N(C)Cc1ccccc1Br. The van der Waals surface area contributed by atoms with Crippen molar-refractivity contribution in [2.24, 2.45) is 11.7 Å². The Morgan fingerprint density at radius 2 is 2.12 bits per heavy atom. The first-order chi connectivity index (χ1) is 8.04. The van der Waals surface area contributed by atoms with Crippen molar-refractivity contribution in [1.29, 1.82) is 0 Å². The molecule has 0 aromatic heterocycles. The van der Waals surface area contributed by atoms with Crippen molar-refractivity contribution in [3.63, 3.8) is 0 Å². The summed E-state index contributed by atoms with van der Waals surface area (Å²) in [7, 11) is 1.82. The van der Waals surface area contributed by atoms with Crippen LogP contribution in [0.15, 0.2) is 28.7 Å². The van der Waals surface area contributed by atoms with Gasteiger partial charge in [-0.1, -0.05) is 41.1 Å². The molecule has 1 aromatic rings. The molecule has 0 spiro atoms. The maximum atomic E-state index is 11.9. The van der Waals surface area contributed by atoms with Gasteiger partial charge in [-0.05, 0) is 24.1 Å². The summed E-state index contributed by atoms with van der Waals surface area (Å²) in [5, 5.41) is 0. The van der Waals surface area contributed by atoms with Gasteiger partial charge < -0.3 is 10.6 Å². The number of halogens is 1. The van der Waals surface area contributed by atoms with Crippen LogP contribution in [0.1, 0.15) is 18.9 Å². The molecule has 0 saturated carbocycles. The number of carbonyl (C=O) groups is 1. The predicted octanol–water partition coefficient (Wildman–Crippen LogP) is 2.39. The Hall–Kier alpha value is -0.870. The molecule has 1 rings (SSSR count). The van der Waals surface area contributed by atoms with E-state index in [0.717, 1.165) is 10.0 Å². The molecule has 0 aliphatic rings. The summed E-state index contributed by atoms with van der Waals surface area (Å²) in [5.41, 5.74) is 6.63. The third-order valence-corrected chi connectivity index (χ3v) is 3.49. The largest absolute Gasteiger partial charge is 0.341 e. The van der Waals surface area contributed by atoms with E-state index in [4.69, 9.17) is 5.73 Å². The van der Waals surface area contributed by atoms with Crippen LogP contribution < -0.4 is 5.73 Å². The summed E-state index contributed by atoms with van der Waals surface area (Å²) in [6, 6.07) is 7.93. The average molecular weight is 299 g/mol. The lowest BCUT2D eigenvalue weighted by Gasteiger charge is -2.19. The zero-order valence-electron chi connectivity index (χ0n) is 10.3. The van der Waals surface area contributed by atoms with Gasteiger partial charge in [0.1, 0.15) is 0 Å². The van der Waals surface area contributed by atoms with Crippen molar-refractivity contribution in [3.8, 4) is 0 Å². The summed E-state index contributed by atoms with van der Waals surface area (Å²) in [6.07, 6.45) is 0.511. The number of nitrogens with zero attached hydrogens (tertiary/aromatic N) is 1. The molecule has 3 nitrogen and oxygen atoms in total. The highest BCUT2D eigenvalue weighted by atomic mass is 79.9. The topological polar surface area (TPSA) is 46.3 Å². The molecule has 0 radical (unpaired) electrons. The van der Waals surface area contributed by atoms with Gasteiger partial charge in [0.25, 0.3) is 0 Å². The van der Waals surface area contributed by atoms with E-state index in [1.54, 1.807) is 4.90 Å². The number of amides is 1. The standard InChI is InChI=1S/C13H19BrN2O/c1-10(8-15)7-13(17)16(2)9-11-5-3-4-6-12(11)14/h3-6,10H,7-9,15H2,1-2H3. The Morgan fingerprint density at radius 1 is 1.47 bits per heavy atom. The second-order valence-corrected chi connectivity index (χ2v) is 5.24. The molecule has 1 aromatic carbocycles. The van der Waals surface area contributed by atoms with Gasteiger partial charge >= 0.3 is 0 Å². The van der Waals surface area contributed by atoms with Gasteiger partial charge in [-0.2, -0.15) is 0 Å². The van der Waals surface area contributed by atoms with Gasteiger partial charge in [-0.3, -0.25) is 4.79 Å². The highest BCUT2D eigenvalue weighted by molar-refractivity contribution is 9.10. The Kier molecular flexibility index (Phi) is 5.65. The van der Waals surface area contributed by atoms with E-state index in [1.807, 2.05) is 38.2 Å². The van der Waals surface area contributed by atoms with E-state index in [2.05, 4.69) is 15.9 Å². The van der Waals surface area contributed by atoms with E-state index in [0.29, 0.717) is 19.5 Å². The number of hydrogen-bond donors (Lipinski definition) is 1. The summed E-state index contributed by atoms with van der Waals surface area (Å²) in [5.74, 6) is 0.378. The van der Waals surface area contributed by atoms with Crippen LogP contribution >= 0.6 is 15.9 Å². The lowest BCUT2D eigenvalue weighted by Crippen LogP contribution is -2.29. The minimum atomic E-state index is 0.138. The number of hydrogen-bond acceptors (Lipinski definition) is 2. The normalized spacial score (nSPS) is 12.2. The lowest BCUT2D eigenvalue weighted by molar-refractivity contribution is -0.131. The van der Waals surface area contributed by atoms with Crippen molar-refractivity contribution in [3.05, 3.63) is 34.3 Å². The maximum absolute atomic E-state index is 11.9. The number of nitrogens with two attached hydrogens (primary N) is 1. The molecule has 2 N–H and O–H groups in total. The smallest absolute Gasteiger partial charge is 0.222 e. The molecule has 1 amide bonds. The van der Waals surface area contributed by atoms with Crippen LogP contribution in [-0.4, -0.2) is 24.4 Å². The second kappa shape index (κ2) is 6.77. The van der Waals surface area contributed by atoms with Gasteiger partial charge in [0.2, 0.25) is 5.91 Å². The average Bonchev–Trinajstić information content (AvgIpc) is 2.31. The Labute approximate surface area is 111 Å². The first kappa shape index (κ1) is 14.2. The van der Waals surface area contributed by atoms with E-state index in [-0.39, 0.29) is 11.8 Å². The van der Waals surface area contributed by atoms with Crippen molar-refractivity contribution in [2.45, 2.75) is 19.9 Å². The molecular weight excluding hydrogens is 280 g/mol. The molecule has 1 unspecified atom stereocenters. The highest BCUT2D eigenvalue weighted by Gasteiger charge is 2.13. The third-order valence-electron chi connectivity index (χ3n) is 2.72. The minimum absolute atomic E-state index is 0.138. The van der Waals surface area contributed by atoms with Gasteiger partial charge in [-0.15, -0.1) is 0 Å². The quantitative estimate of drug-likeness (QED) is 0.907. The maximum Gasteiger partial charge on any atom is 0.222 e. The fourth-order valence-electron chi connectivity index (χ4n) is 1.51. The summed E-state index contributed by atoms with van der Waals surface area (Å²) in [4.78, 5) is 13.6. The first-order valence-corrected chi connectivity index (χ1v) is 6.51. The molecule has 0 aliphatic heterocycles. The van der Waals surface area contributed by atoms with Crippen molar-refractivity contribution >= 4 is 21.8 Å². The molecule has 0 heterocycles. The Balaban J connectivity index is 2.57. The molecule has 94 valence electrons. The van der Waals surface area contributed by atoms with Crippen LogP contribution in [0.4, 0.5) is 0 Å². The summed E-state index contributed by atoms with van der Waals surface area (Å²) in [6.45, 7) is 3.16. The fraction of sp³-hybridized carbons (Fsp3) is 0.462. The fourth-order valence-corrected chi connectivity index (χ4v) is 1.92. The zero-order valence-corrected chi connectivity index (χ0v) is 11.9. The van der Waals surface area contributed by atoms with Gasteiger partial charge in [-0.25, -0.2) is 0 Å². The summed E-state index contributed by atoms with van der Waals surface area (Å²) < 4.78 is 1.03. The van der Waals surface area contributed by atoms with E-state index in [1.165, 1.54) is 0 Å². The molecule has 0 aliphatic carbocycles. The van der Waals surface area contributed by atoms with E-state index < -0.39 is 0 Å². The van der Waals surface area contributed by atoms with Crippen LogP contribution in [0.3, 0.4) is 0 Å². The van der Waals surface area contributed by atoms with Gasteiger partial charge in [0.15, 0.2) is 0 Å². The Bertz CT molecular complexity index is 381. The minimum Gasteiger partial charge on any atom is -0.341 e. The van der Waals surface area contributed by atoms with Crippen LogP contribution in [-0.2, 0) is 11.3 Å². The Morgan fingerprint density at radius 3 is 2.71 bits per heavy atom. The third kappa shape index (κ3) is 4.48. The molecule has 4 heteroatoms. The molecule has 0 saturated heterocycles. The molecular formula is C13H19BrN2O. The van der Waals surface area contributed by atoms with E-state index in [9.17, 15) is 4.79 Å². The van der Waals surface area contributed by atoms with Crippen LogP contribution in [0.25, 0.3) is 0 Å². The van der Waals surface area contributed by atoms with Crippen LogP contribution in [0, 0.1) is 5.92 Å². The van der Waals surface area contributed by atoms with E-state index >= 15 is 0 Å². The van der Waals surface area contributed by atoms with Gasteiger partial charge in [0.05, 0.1) is 0 Å². The predicted molar refractivity (Wildman–Crippen MR) is 73.5 cm³/mol. The molecule has 1 atom stereocenters. The monoisotopic (exact) mass is 298 g/mol. The summed E-state index contributed by atoms with van der Waals surface area (Å²) >= 11 is 3.48. The molecule has 17 heavy (non-hydrogen) atoms. The van der Waals surface area contributed by atoms with Crippen molar-refractivity contribution in [2.75, 3.05) is 13.6 Å². The number of benzene rings is 1. The van der Waals surface area contributed by atoms with Crippen LogP contribution in [0.2, 0.25) is 0 Å². The van der Waals surface area contributed by atoms with Gasteiger partial charge in [0, 0.05) is 24.5 Å².